The van der Waals surface area contributed by atoms with Crippen molar-refractivity contribution in [2.24, 2.45) is 11.3 Å². The third-order valence-electron chi connectivity index (χ3n) is 6.85. The first kappa shape index (κ1) is 17.3. The van der Waals surface area contributed by atoms with Crippen LogP contribution in [0.5, 0.6) is 0 Å². The molecule has 1 atom stereocenters. The topological polar surface area (TPSA) is 58.6 Å². The predicted molar refractivity (Wildman–Crippen MR) is 90.6 cm³/mol. The molecule has 0 aromatic heterocycles. The molecule has 0 bridgehead atoms. The second-order valence-electron chi connectivity index (χ2n) is 8.57. The summed E-state index contributed by atoms with van der Waals surface area (Å²) < 4.78 is 20.1. The lowest BCUT2D eigenvalue weighted by molar-refractivity contribution is -0.154. The van der Waals surface area contributed by atoms with Crippen molar-refractivity contribution in [2.75, 3.05) is 26.3 Å². The number of nitrogens with one attached hydrogen (secondary N) is 1. The van der Waals surface area contributed by atoms with Gasteiger partial charge in [-0.25, -0.2) is 4.39 Å². The Morgan fingerprint density at radius 2 is 1.84 bits per heavy atom. The molecule has 2 aliphatic carbocycles. The Kier molecular flexibility index (Phi) is 4.50. The molecule has 2 saturated heterocycles. The number of likely N-dealkylation sites (tertiary alicyclic amines) is 1. The van der Waals surface area contributed by atoms with Crippen LogP contribution in [0.3, 0.4) is 0 Å². The highest BCUT2D eigenvalue weighted by Gasteiger charge is 2.50. The summed E-state index contributed by atoms with van der Waals surface area (Å²) in [6, 6.07) is 0.0211. The number of nitrogens with zero attached hydrogens (tertiary/aromatic N) is 1. The van der Waals surface area contributed by atoms with Crippen molar-refractivity contribution in [1.29, 1.82) is 0 Å². The number of alkyl halides is 1. The predicted octanol–water partition coefficient (Wildman–Crippen LogP) is 2.19. The summed E-state index contributed by atoms with van der Waals surface area (Å²) in [7, 11) is 0. The van der Waals surface area contributed by atoms with Crippen molar-refractivity contribution in [1.82, 2.24) is 10.2 Å². The van der Waals surface area contributed by atoms with Crippen LogP contribution in [0.25, 0.3) is 0 Å². The van der Waals surface area contributed by atoms with Gasteiger partial charge < -0.3 is 15.0 Å². The van der Waals surface area contributed by atoms with Crippen LogP contribution in [0.4, 0.5) is 4.39 Å². The molecule has 1 unspecified atom stereocenters. The minimum atomic E-state index is -1.60. The Morgan fingerprint density at radius 1 is 1.12 bits per heavy atom. The molecule has 1 spiro atoms. The van der Waals surface area contributed by atoms with E-state index in [-0.39, 0.29) is 23.3 Å². The highest BCUT2D eigenvalue weighted by Crippen LogP contribution is 2.43. The summed E-state index contributed by atoms with van der Waals surface area (Å²) in [5.74, 6) is 0.395. The molecule has 0 aromatic carbocycles. The fraction of sp³-hybridized carbons (Fsp3) is 0.895. The van der Waals surface area contributed by atoms with Crippen molar-refractivity contribution in [2.45, 2.75) is 69.5 Å². The zero-order valence-electron chi connectivity index (χ0n) is 14.9. The van der Waals surface area contributed by atoms with Gasteiger partial charge in [0.1, 0.15) is 0 Å². The number of amides is 2. The standard InChI is InChI=1S/C19H29FN2O3/c20-19(4-1-5-19)17(24)22-9-6-18(7-10-22)8-11-25-13-15(18)21-16(23)12-14-2-3-14/h14-15H,1-13H2,(H,21,23). The van der Waals surface area contributed by atoms with Crippen LogP contribution >= 0.6 is 0 Å². The highest BCUT2D eigenvalue weighted by atomic mass is 19.1. The van der Waals surface area contributed by atoms with E-state index in [1.54, 1.807) is 4.90 Å². The van der Waals surface area contributed by atoms with Gasteiger partial charge in [-0.3, -0.25) is 9.59 Å². The van der Waals surface area contributed by atoms with E-state index in [0.29, 0.717) is 51.5 Å². The molecule has 4 rings (SSSR count). The molecule has 2 amide bonds. The number of carbonyl (C=O) groups excluding carboxylic acids is 2. The van der Waals surface area contributed by atoms with Gasteiger partial charge in [-0.15, -0.1) is 0 Å². The summed E-state index contributed by atoms with van der Waals surface area (Å²) in [6.45, 7) is 2.45. The summed E-state index contributed by atoms with van der Waals surface area (Å²) in [6.07, 6.45) is 7.09. The second-order valence-corrected chi connectivity index (χ2v) is 8.57. The minimum Gasteiger partial charge on any atom is -0.379 e. The van der Waals surface area contributed by atoms with E-state index in [2.05, 4.69) is 5.32 Å². The van der Waals surface area contributed by atoms with Crippen LogP contribution in [0.1, 0.15) is 57.8 Å². The van der Waals surface area contributed by atoms with Crippen molar-refractivity contribution in [3.63, 3.8) is 0 Å². The molecule has 140 valence electrons. The van der Waals surface area contributed by atoms with E-state index < -0.39 is 5.67 Å². The Morgan fingerprint density at radius 3 is 2.44 bits per heavy atom. The zero-order valence-corrected chi connectivity index (χ0v) is 14.9. The van der Waals surface area contributed by atoms with Crippen molar-refractivity contribution in [3.8, 4) is 0 Å². The van der Waals surface area contributed by atoms with Gasteiger partial charge in [0.2, 0.25) is 5.91 Å². The first-order chi connectivity index (χ1) is 12.0. The average molecular weight is 352 g/mol. The minimum absolute atomic E-state index is 0.00265. The maximum atomic E-state index is 14.4. The summed E-state index contributed by atoms with van der Waals surface area (Å²) in [5, 5.41) is 3.21. The Labute approximate surface area is 148 Å². The Hall–Kier alpha value is -1.17. The number of rotatable bonds is 4. The number of carbonyl (C=O) groups is 2. The van der Waals surface area contributed by atoms with Crippen LogP contribution < -0.4 is 5.32 Å². The van der Waals surface area contributed by atoms with E-state index in [9.17, 15) is 14.0 Å². The van der Waals surface area contributed by atoms with Gasteiger partial charge in [-0.1, -0.05) is 0 Å². The molecule has 2 saturated carbocycles. The van der Waals surface area contributed by atoms with Crippen LogP contribution in [-0.4, -0.2) is 54.7 Å². The smallest absolute Gasteiger partial charge is 0.260 e. The fourth-order valence-electron chi connectivity index (χ4n) is 4.60. The number of ether oxygens (including phenoxy) is 1. The van der Waals surface area contributed by atoms with E-state index in [1.165, 1.54) is 12.8 Å². The molecule has 4 aliphatic rings. The van der Waals surface area contributed by atoms with Crippen LogP contribution in [0.15, 0.2) is 0 Å². The van der Waals surface area contributed by atoms with Crippen LogP contribution in [0.2, 0.25) is 0 Å². The number of piperidine rings is 1. The molecule has 0 aromatic rings. The lowest BCUT2D eigenvalue weighted by atomic mass is 9.68. The summed E-state index contributed by atoms with van der Waals surface area (Å²) in [5.41, 5.74) is -1.60. The molecular formula is C19H29FN2O3. The van der Waals surface area contributed by atoms with Crippen molar-refractivity contribution >= 4 is 11.8 Å². The Balaban J connectivity index is 1.36. The molecule has 25 heavy (non-hydrogen) atoms. The van der Waals surface area contributed by atoms with E-state index in [4.69, 9.17) is 4.74 Å². The first-order valence-electron chi connectivity index (χ1n) is 9.86. The maximum absolute atomic E-state index is 14.4. The van der Waals surface area contributed by atoms with E-state index >= 15 is 0 Å². The SMILES string of the molecule is O=C(CC1CC1)NC1COCCC12CCN(C(=O)C1(F)CCC1)CC2. The van der Waals surface area contributed by atoms with Gasteiger partial charge in [-0.2, -0.15) is 0 Å². The maximum Gasteiger partial charge on any atom is 0.260 e. The molecular weight excluding hydrogens is 323 g/mol. The third-order valence-corrected chi connectivity index (χ3v) is 6.85. The monoisotopic (exact) mass is 352 g/mol. The van der Waals surface area contributed by atoms with E-state index in [1.807, 2.05) is 0 Å². The van der Waals surface area contributed by atoms with Crippen LogP contribution in [-0.2, 0) is 14.3 Å². The summed E-state index contributed by atoms with van der Waals surface area (Å²) >= 11 is 0. The lowest BCUT2D eigenvalue weighted by Crippen LogP contribution is -2.60. The highest BCUT2D eigenvalue weighted by molar-refractivity contribution is 5.86. The van der Waals surface area contributed by atoms with Gasteiger partial charge in [0, 0.05) is 26.1 Å². The van der Waals surface area contributed by atoms with Gasteiger partial charge in [0.15, 0.2) is 5.67 Å². The van der Waals surface area contributed by atoms with Gasteiger partial charge in [-0.05, 0) is 62.7 Å². The Bertz CT molecular complexity index is 537. The average Bonchev–Trinajstić information content (AvgIpc) is 3.39. The number of hydrogen-bond acceptors (Lipinski definition) is 3. The molecule has 4 fully saturated rings. The largest absolute Gasteiger partial charge is 0.379 e. The summed E-state index contributed by atoms with van der Waals surface area (Å²) in [4.78, 5) is 26.4. The molecule has 2 heterocycles. The lowest BCUT2D eigenvalue weighted by Gasteiger charge is -2.50. The van der Waals surface area contributed by atoms with Crippen molar-refractivity contribution in [3.05, 3.63) is 0 Å². The molecule has 1 N–H and O–H groups in total. The van der Waals surface area contributed by atoms with Crippen LogP contribution in [0, 0.1) is 11.3 Å². The molecule has 5 nitrogen and oxygen atoms in total. The number of halogens is 1. The zero-order chi connectivity index (χ0) is 17.5. The fourth-order valence-corrected chi connectivity index (χ4v) is 4.60. The first-order valence-corrected chi connectivity index (χ1v) is 9.86. The number of hydrogen-bond donors (Lipinski definition) is 1. The van der Waals surface area contributed by atoms with Gasteiger partial charge >= 0.3 is 0 Å². The van der Waals surface area contributed by atoms with Gasteiger partial charge in [0.05, 0.1) is 12.6 Å². The molecule has 2 aliphatic heterocycles. The quantitative estimate of drug-likeness (QED) is 0.844. The van der Waals surface area contributed by atoms with Crippen molar-refractivity contribution < 1.29 is 18.7 Å². The third kappa shape index (κ3) is 3.42. The van der Waals surface area contributed by atoms with Gasteiger partial charge in [0.25, 0.3) is 5.91 Å². The molecule has 6 heteroatoms. The normalized spacial score (nSPS) is 30.6. The van der Waals surface area contributed by atoms with E-state index in [0.717, 1.165) is 25.7 Å². The molecule has 0 radical (unpaired) electrons. The second kappa shape index (κ2) is 6.53.